The van der Waals surface area contributed by atoms with E-state index in [9.17, 15) is 14.4 Å². The minimum absolute atomic E-state index is 0.00399. The Kier molecular flexibility index (Phi) is 6.43. The number of ether oxygens (including phenoxy) is 3. The molecule has 3 aromatic rings. The molecule has 0 aliphatic carbocycles. The van der Waals surface area contributed by atoms with Crippen LogP contribution >= 0.6 is 0 Å². The van der Waals surface area contributed by atoms with Gasteiger partial charge in [0.15, 0.2) is 5.65 Å². The van der Waals surface area contributed by atoms with Crippen molar-refractivity contribution in [2.75, 3.05) is 20.8 Å². The molecule has 31 heavy (non-hydrogen) atoms. The Bertz CT molecular complexity index is 1240. The van der Waals surface area contributed by atoms with Gasteiger partial charge in [-0.25, -0.2) is 14.6 Å². The summed E-state index contributed by atoms with van der Waals surface area (Å²) in [6.07, 6.45) is 0. The number of methoxy groups -OCH3 is 2. The third kappa shape index (κ3) is 4.30. The first-order valence-electron chi connectivity index (χ1n) is 9.88. The van der Waals surface area contributed by atoms with Crippen LogP contribution in [-0.4, -0.2) is 41.3 Å². The van der Waals surface area contributed by atoms with Crippen LogP contribution in [0.15, 0.2) is 33.9 Å². The van der Waals surface area contributed by atoms with E-state index in [0.29, 0.717) is 29.3 Å². The number of hydrogen-bond donors (Lipinski definition) is 1. The average molecular weight is 427 g/mol. The molecule has 0 atom stereocenters. The highest BCUT2D eigenvalue weighted by Crippen LogP contribution is 2.34. The molecule has 164 valence electrons. The summed E-state index contributed by atoms with van der Waals surface area (Å²) in [5, 5.41) is 0.00399. The fourth-order valence-electron chi connectivity index (χ4n) is 3.33. The lowest BCUT2D eigenvalue weighted by atomic mass is 10.0. The first-order valence-corrected chi connectivity index (χ1v) is 9.88. The van der Waals surface area contributed by atoms with Crippen LogP contribution in [0.5, 0.6) is 11.5 Å². The van der Waals surface area contributed by atoms with Crippen LogP contribution in [0.25, 0.3) is 22.3 Å². The number of H-pyrrole nitrogens is 1. The fourth-order valence-corrected chi connectivity index (χ4v) is 3.33. The molecule has 0 fully saturated rings. The first-order chi connectivity index (χ1) is 14.8. The molecule has 1 aromatic carbocycles. The summed E-state index contributed by atoms with van der Waals surface area (Å²) >= 11 is 0. The van der Waals surface area contributed by atoms with E-state index in [1.165, 1.54) is 24.9 Å². The van der Waals surface area contributed by atoms with Gasteiger partial charge in [0.05, 0.1) is 37.5 Å². The van der Waals surface area contributed by atoms with Gasteiger partial charge in [0, 0.05) is 12.1 Å². The van der Waals surface area contributed by atoms with Crippen LogP contribution in [0.2, 0.25) is 0 Å². The van der Waals surface area contributed by atoms with E-state index in [4.69, 9.17) is 14.2 Å². The second-order valence-electron chi connectivity index (χ2n) is 7.30. The lowest BCUT2D eigenvalue weighted by molar-refractivity contribution is 0.0528. The Morgan fingerprint density at radius 3 is 2.52 bits per heavy atom. The smallest absolute Gasteiger partial charge is 0.339 e. The molecule has 0 saturated heterocycles. The van der Waals surface area contributed by atoms with E-state index in [-0.39, 0.29) is 29.1 Å². The van der Waals surface area contributed by atoms with Gasteiger partial charge in [-0.15, -0.1) is 0 Å². The zero-order chi connectivity index (χ0) is 22.7. The van der Waals surface area contributed by atoms with E-state index in [1.54, 1.807) is 25.1 Å². The number of pyridine rings is 1. The number of carbonyl (C=O) groups excluding carboxylic acids is 1. The van der Waals surface area contributed by atoms with Crippen molar-refractivity contribution in [2.45, 2.75) is 27.3 Å². The van der Waals surface area contributed by atoms with Crippen molar-refractivity contribution in [3.8, 4) is 22.8 Å². The van der Waals surface area contributed by atoms with Gasteiger partial charge in [-0.05, 0) is 37.1 Å². The van der Waals surface area contributed by atoms with Crippen molar-refractivity contribution in [3.05, 3.63) is 50.7 Å². The lowest BCUT2D eigenvalue weighted by Crippen LogP contribution is -2.33. The van der Waals surface area contributed by atoms with Gasteiger partial charge in [0.1, 0.15) is 11.5 Å². The second-order valence-corrected chi connectivity index (χ2v) is 7.30. The van der Waals surface area contributed by atoms with Crippen molar-refractivity contribution < 1.29 is 19.0 Å². The number of fused-ring (bicyclic) bond motifs is 1. The van der Waals surface area contributed by atoms with Crippen molar-refractivity contribution in [2.24, 2.45) is 5.92 Å². The summed E-state index contributed by atoms with van der Waals surface area (Å²) in [5.41, 5.74) is -0.284. The second kappa shape index (κ2) is 9.03. The Balaban J connectivity index is 2.46. The summed E-state index contributed by atoms with van der Waals surface area (Å²) < 4.78 is 17.3. The van der Waals surface area contributed by atoms with Crippen molar-refractivity contribution in [1.29, 1.82) is 0 Å². The van der Waals surface area contributed by atoms with Gasteiger partial charge in [-0.2, -0.15) is 0 Å². The van der Waals surface area contributed by atoms with Crippen molar-refractivity contribution in [1.82, 2.24) is 14.5 Å². The summed E-state index contributed by atoms with van der Waals surface area (Å²) in [4.78, 5) is 44.9. The average Bonchev–Trinajstić information content (AvgIpc) is 2.75. The van der Waals surface area contributed by atoms with Gasteiger partial charge in [0.25, 0.3) is 5.56 Å². The highest BCUT2D eigenvalue weighted by Gasteiger charge is 2.22. The molecule has 0 spiro atoms. The molecule has 0 radical (unpaired) electrons. The summed E-state index contributed by atoms with van der Waals surface area (Å²) in [6.45, 7) is 5.98. The van der Waals surface area contributed by atoms with E-state index in [2.05, 4.69) is 9.97 Å². The van der Waals surface area contributed by atoms with Crippen molar-refractivity contribution in [3.63, 3.8) is 0 Å². The number of aromatic amines is 1. The monoisotopic (exact) mass is 427 g/mol. The molecule has 0 amide bonds. The molecule has 0 saturated carbocycles. The highest BCUT2D eigenvalue weighted by atomic mass is 16.5. The number of aromatic nitrogens is 3. The summed E-state index contributed by atoms with van der Waals surface area (Å²) in [6, 6.07) is 6.62. The zero-order valence-electron chi connectivity index (χ0n) is 18.1. The van der Waals surface area contributed by atoms with Crippen LogP contribution in [-0.2, 0) is 11.3 Å². The first kappa shape index (κ1) is 22.1. The Morgan fingerprint density at radius 2 is 1.90 bits per heavy atom. The Morgan fingerprint density at radius 1 is 1.16 bits per heavy atom. The standard InChI is InChI=1S/C22H25N3O6/c1-6-31-21(27)15-10-16(14-9-13(29-4)7-8-17(14)30-5)23-19-18(15)20(26)24-22(28)25(19)11-12(2)3/h7-10,12H,6,11H2,1-5H3,(H,24,26,28). The zero-order valence-corrected chi connectivity index (χ0v) is 18.1. The highest BCUT2D eigenvalue weighted by molar-refractivity contribution is 6.03. The number of rotatable bonds is 7. The third-order valence-corrected chi connectivity index (χ3v) is 4.67. The number of hydrogen-bond acceptors (Lipinski definition) is 7. The lowest BCUT2D eigenvalue weighted by Gasteiger charge is -2.16. The van der Waals surface area contributed by atoms with Crippen LogP contribution in [0.4, 0.5) is 0 Å². The molecule has 2 aromatic heterocycles. The summed E-state index contributed by atoms with van der Waals surface area (Å²) in [7, 11) is 3.04. The third-order valence-electron chi connectivity index (χ3n) is 4.67. The van der Waals surface area contributed by atoms with Gasteiger partial charge < -0.3 is 14.2 Å². The van der Waals surface area contributed by atoms with Gasteiger partial charge >= 0.3 is 11.7 Å². The van der Waals surface area contributed by atoms with Gasteiger partial charge in [0.2, 0.25) is 0 Å². The van der Waals surface area contributed by atoms with Crippen molar-refractivity contribution >= 4 is 17.0 Å². The van der Waals surface area contributed by atoms with Gasteiger partial charge in [-0.3, -0.25) is 14.3 Å². The molecular formula is C22H25N3O6. The number of nitrogens with one attached hydrogen (secondary N) is 1. The van der Waals surface area contributed by atoms with Crippen LogP contribution in [0.1, 0.15) is 31.1 Å². The normalized spacial score (nSPS) is 11.0. The number of carbonyl (C=O) groups is 1. The number of nitrogens with zero attached hydrogens (tertiary/aromatic N) is 2. The Labute approximate surface area is 178 Å². The molecule has 1 N–H and O–H groups in total. The minimum Gasteiger partial charge on any atom is -0.497 e. The van der Waals surface area contributed by atoms with Gasteiger partial charge in [-0.1, -0.05) is 13.8 Å². The maximum atomic E-state index is 12.7. The molecular weight excluding hydrogens is 402 g/mol. The van der Waals surface area contributed by atoms with Crippen LogP contribution in [0.3, 0.4) is 0 Å². The van der Waals surface area contributed by atoms with E-state index in [1.807, 2.05) is 13.8 Å². The quantitative estimate of drug-likeness (QED) is 0.577. The Hall–Kier alpha value is -3.62. The molecule has 9 heteroatoms. The molecule has 0 unspecified atom stereocenters. The molecule has 2 heterocycles. The fraction of sp³-hybridized carbons (Fsp3) is 0.364. The molecule has 3 rings (SSSR count). The van der Waals surface area contributed by atoms with Crippen LogP contribution in [0, 0.1) is 5.92 Å². The minimum atomic E-state index is -0.695. The van der Waals surface area contributed by atoms with E-state index < -0.39 is 17.2 Å². The predicted molar refractivity (Wildman–Crippen MR) is 116 cm³/mol. The SMILES string of the molecule is CCOC(=O)c1cc(-c2cc(OC)ccc2OC)nc2c1c(=O)[nH]c(=O)n2CC(C)C. The number of benzene rings is 1. The maximum absolute atomic E-state index is 12.7. The molecule has 0 bridgehead atoms. The van der Waals surface area contributed by atoms with E-state index in [0.717, 1.165) is 0 Å². The number of esters is 1. The predicted octanol–water partition coefficient (Wildman–Crippen LogP) is 2.60. The van der Waals surface area contributed by atoms with E-state index >= 15 is 0 Å². The molecule has 0 aliphatic heterocycles. The largest absolute Gasteiger partial charge is 0.497 e. The maximum Gasteiger partial charge on any atom is 0.339 e. The topological polar surface area (TPSA) is 113 Å². The molecule has 0 aliphatic rings. The van der Waals surface area contributed by atoms with Crippen LogP contribution < -0.4 is 20.7 Å². The summed E-state index contributed by atoms with van der Waals surface area (Å²) in [5.74, 6) is 0.457. The molecule has 9 nitrogen and oxygen atoms in total.